The predicted molar refractivity (Wildman–Crippen MR) is 96.2 cm³/mol. The molecule has 0 heterocycles. The van der Waals surface area contributed by atoms with E-state index in [0.29, 0.717) is 23.7 Å². The number of carbonyl (C=O) groups excluding carboxylic acids is 1. The van der Waals surface area contributed by atoms with Gasteiger partial charge in [0.2, 0.25) is 0 Å². The van der Waals surface area contributed by atoms with Crippen molar-refractivity contribution in [3.05, 3.63) is 59.2 Å². The third-order valence-electron chi connectivity index (χ3n) is 3.34. The average molecular weight is 353 g/mol. The summed E-state index contributed by atoms with van der Waals surface area (Å²) in [6.45, 7) is 2.58. The molecule has 7 nitrogen and oxygen atoms in total. The lowest BCUT2D eigenvalue weighted by Crippen LogP contribution is -2.16. The summed E-state index contributed by atoms with van der Waals surface area (Å²) in [6, 6.07) is 14.7. The van der Waals surface area contributed by atoms with Crippen molar-refractivity contribution in [3.8, 4) is 17.6 Å². The summed E-state index contributed by atoms with van der Waals surface area (Å²) >= 11 is 0. The molecule has 0 fully saturated rings. The van der Waals surface area contributed by atoms with Gasteiger partial charge in [-0.05, 0) is 36.8 Å². The van der Waals surface area contributed by atoms with Crippen molar-refractivity contribution in [1.29, 1.82) is 5.26 Å². The molecule has 2 aromatic rings. The Morgan fingerprint density at radius 2 is 2.04 bits per heavy atom. The van der Waals surface area contributed by atoms with E-state index < -0.39 is 6.09 Å². The molecule has 0 unspecified atom stereocenters. The average Bonchev–Trinajstić information content (AvgIpc) is 2.67. The van der Waals surface area contributed by atoms with Gasteiger partial charge in [0.05, 0.1) is 31.6 Å². The van der Waals surface area contributed by atoms with E-state index in [2.05, 4.69) is 21.3 Å². The zero-order chi connectivity index (χ0) is 18.8. The second-order valence-corrected chi connectivity index (χ2v) is 5.06. The second-order valence-electron chi connectivity index (χ2n) is 5.06. The molecule has 2 aromatic carbocycles. The van der Waals surface area contributed by atoms with Gasteiger partial charge in [-0.2, -0.15) is 10.4 Å². The fourth-order valence-corrected chi connectivity index (χ4v) is 2.11. The zero-order valence-corrected chi connectivity index (χ0v) is 14.6. The van der Waals surface area contributed by atoms with Gasteiger partial charge in [0.25, 0.3) is 0 Å². The highest BCUT2D eigenvalue weighted by Crippen LogP contribution is 2.29. The maximum Gasteiger partial charge on any atom is 0.427 e. The van der Waals surface area contributed by atoms with E-state index in [1.54, 1.807) is 24.3 Å². The summed E-state index contributed by atoms with van der Waals surface area (Å²) in [4.78, 5) is 11.0. The highest BCUT2D eigenvalue weighted by molar-refractivity contribution is 5.82. The number of nitrogens with zero attached hydrogens (tertiary/aromatic N) is 2. The van der Waals surface area contributed by atoms with Gasteiger partial charge in [-0.1, -0.05) is 18.2 Å². The van der Waals surface area contributed by atoms with Crippen LogP contribution in [0.15, 0.2) is 47.6 Å². The summed E-state index contributed by atoms with van der Waals surface area (Å²) in [5, 5.41) is 12.9. The first-order valence-corrected chi connectivity index (χ1v) is 7.92. The van der Waals surface area contributed by atoms with Crippen LogP contribution >= 0.6 is 0 Å². The molecule has 0 aliphatic heterocycles. The number of methoxy groups -OCH3 is 1. The number of nitriles is 1. The third kappa shape index (κ3) is 5.24. The van der Waals surface area contributed by atoms with E-state index in [9.17, 15) is 4.79 Å². The molecule has 0 spiro atoms. The molecule has 0 atom stereocenters. The first-order chi connectivity index (χ1) is 12.7. The van der Waals surface area contributed by atoms with Gasteiger partial charge < -0.3 is 14.2 Å². The van der Waals surface area contributed by atoms with Crippen molar-refractivity contribution in [2.24, 2.45) is 5.10 Å². The summed E-state index contributed by atoms with van der Waals surface area (Å²) in [5.41, 5.74) is 4.30. The third-order valence-corrected chi connectivity index (χ3v) is 3.34. The number of nitrogens with one attached hydrogen (secondary N) is 1. The Morgan fingerprint density at radius 3 is 2.77 bits per heavy atom. The maximum absolute atomic E-state index is 11.0. The molecule has 26 heavy (non-hydrogen) atoms. The molecule has 0 saturated heterocycles. The van der Waals surface area contributed by atoms with Crippen LogP contribution < -0.4 is 14.9 Å². The van der Waals surface area contributed by atoms with Crippen molar-refractivity contribution in [2.45, 2.75) is 13.5 Å². The van der Waals surface area contributed by atoms with Gasteiger partial charge in [-0.15, -0.1) is 0 Å². The van der Waals surface area contributed by atoms with Gasteiger partial charge in [0.1, 0.15) is 6.61 Å². The van der Waals surface area contributed by atoms with Gasteiger partial charge >= 0.3 is 6.09 Å². The predicted octanol–water partition coefficient (Wildman–Crippen LogP) is 3.23. The van der Waals surface area contributed by atoms with E-state index >= 15 is 0 Å². The molecule has 2 rings (SSSR count). The zero-order valence-electron chi connectivity index (χ0n) is 14.6. The first-order valence-electron chi connectivity index (χ1n) is 7.92. The maximum atomic E-state index is 11.0. The summed E-state index contributed by atoms with van der Waals surface area (Å²) in [5.74, 6) is 1.10. The SMILES string of the molecule is CCOc1cc(/C=N/NC(=O)OC)ccc1OCc1ccccc1C#N. The van der Waals surface area contributed by atoms with E-state index in [1.807, 2.05) is 25.1 Å². The highest BCUT2D eigenvalue weighted by atomic mass is 16.5. The van der Waals surface area contributed by atoms with Crippen LogP contribution in [-0.4, -0.2) is 26.0 Å². The van der Waals surface area contributed by atoms with Gasteiger partial charge in [-0.3, -0.25) is 0 Å². The fraction of sp³-hybridized carbons (Fsp3) is 0.211. The van der Waals surface area contributed by atoms with Gasteiger partial charge in [0.15, 0.2) is 11.5 Å². The molecule has 7 heteroatoms. The molecule has 0 aromatic heterocycles. The Hall–Kier alpha value is -3.53. The fourth-order valence-electron chi connectivity index (χ4n) is 2.11. The van der Waals surface area contributed by atoms with Crippen LogP contribution in [0.4, 0.5) is 4.79 Å². The lowest BCUT2D eigenvalue weighted by Gasteiger charge is -2.13. The van der Waals surface area contributed by atoms with Crippen LogP contribution in [0, 0.1) is 11.3 Å². The molecule has 0 radical (unpaired) electrons. The lowest BCUT2D eigenvalue weighted by molar-refractivity contribution is 0.171. The summed E-state index contributed by atoms with van der Waals surface area (Å²) in [6.07, 6.45) is 0.816. The Bertz CT molecular complexity index is 828. The lowest BCUT2D eigenvalue weighted by atomic mass is 10.1. The monoisotopic (exact) mass is 353 g/mol. The van der Waals surface area contributed by atoms with Crippen molar-refractivity contribution in [2.75, 3.05) is 13.7 Å². The Morgan fingerprint density at radius 1 is 1.23 bits per heavy atom. The number of ether oxygens (including phenoxy) is 3. The Kier molecular flexibility index (Phi) is 7.01. The minimum absolute atomic E-state index is 0.251. The standard InChI is InChI=1S/C19H19N3O4/c1-3-25-18-10-14(12-21-22-19(23)24-2)8-9-17(18)26-13-16-7-5-4-6-15(16)11-20/h4-10,12H,3,13H2,1-2H3,(H,22,23)/b21-12+. The molecule has 0 aliphatic rings. The largest absolute Gasteiger partial charge is 0.490 e. The quantitative estimate of drug-likeness (QED) is 0.609. The molecule has 134 valence electrons. The number of hydrogen-bond acceptors (Lipinski definition) is 6. The van der Waals surface area contributed by atoms with Crippen molar-refractivity contribution in [3.63, 3.8) is 0 Å². The summed E-state index contributed by atoms with van der Waals surface area (Å²) < 4.78 is 15.9. The number of rotatable bonds is 7. The molecule has 0 saturated carbocycles. The van der Waals surface area contributed by atoms with Crippen LogP contribution in [0.2, 0.25) is 0 Å². The number of hydrogen-bond donors (Lipinski definition) is 1. The number of hydrazone groups is 1. The molecule has 0 bridgehead atoms. The highest BCUT2D eigenvalue weighted by Gasteiger charge is 2.08. The smallest absolute Gasteiger partial charge is 0.427 e. The minimum Gasteiger partial charge on any atom is -0.490 e. The van der Waals surface area contributed by atoms with Crippen molar-refractivity contribution in [1.82, 2.24) is 5.43 Å². The summed E-state index contributed by atoms with van der Waals surface area (Å²) in [7, 11) is 1.26. The molecule has 1 N–H and O–H groups in total. The van der Waals surface area contributed by atoms with Crippen LogP contribution in [0.1, 0.15) is 23.6 Å². The number of benzene rings is 2. The number of amides is 1. The first kappa shape index (κ1) is 18.8. The van der Waals surface area contributed by atoms with E-state index in [4.69, 9.17) is 14.7 Å². The van der Waals surface area contributed by atoms with Crippen LogP contribution in [0.3, 0.4) is 0 Å². The van der Waals surface area contributed by atoms with Gasteiger partial charge in [0, 0.05) is 5.56 Å². The Labute approximate surface area is 151 Å². The van der Waals surface area contributed by atoms with E-state index in [0.717, 1.165) is 11.1 Å². The normalized spacial score (nSPS) is 10.2. The molecule has 1 amide bonds. The van der Waals surface area contributed by atoms with Crippen molar-refractivity contribution < 1.29 is 19.0 Å². The van der Waals surface area contributed by atoms with Crippen molar-refractivity contribution >= 4 is 12.3 Å². The number of carbonyl (C=O) groups is 1. The van der Waals surface area contributed by atoms with Crippen LogP contribution in [0.5, 0.6) is 11.5 Å². The topological polar surface area (TPSA) is 92.9 Å². The van der Waals surface area contributed by atoms with E-state index in [1.165, 1.54) is 13.3 Å². The second kappa shape index (κ2) is 9.69. The van der Waals surface area contributed by atoms with Gasteiger partial charge in [-0.25, -0.2) is 10.2 Å². The molecular formula is C19H19N3O4. The molecular weight excluding hydrogens is 334 g/mol. The van der Waals surface area contributed by atoms with Crippen LogP contribution in [-0.2, 0) is 11.3 Å². The minimum atomic E-state index is -0.651. The van der Waals surface area contributed by atoms with E-state index in [-0.39, 0.29) is 6.61 Å². The molecule has 0 aliphatic carbocycles. The Balaban J connectivity index is 2.13. The van der Waals surface area contributed by atoms with Crippen LogP contribution in [0.25, 0.3) is 0 Å².